The zero-order valence-corrected chi connectivity index (χ0v) is 11.7. The van der Waals surface area contributed by atoms with Gasteiger partial charge in [-0.05, 0) is 26.0 Å². The predicted molar refractivity (Wildman–Crippen MR) is 74.8 cm³/mol. The third-order valence-electron chi connectivity index (χ3n) is 3.48. The lowest BCUT2D eigenvalue weighted by Gasteiger charge is -2.36. The van der Waals surface area contributed by atoms with E-state index in [-0.39, 0.29) is 6.03 Å². The van der Waals surface area contributed by atoms with Gasteiger partial charge in [0.05, 0.1) is 12.2 Å². The van der Waals surface area contributed by atoms with Gasteiger partial charge in [0.25, 0.3) is 0 Å². The maximum atomic E-state index is 12.0. The Balaban J connectivity index is 1.76. The van der Waals surface area contributed by atoms with Crippen molar-refractivity contribution in [3.05, 3.63) is 30.1 Å². The van der Waals surface area contributed by atoms with E-state index in [1.54, 1.807) is 6.20 Å². The van der Waals surface area contributed by atoms with Gasteiger partial charge >= 0.3 is 6.03 Å². The van der Waals surface area contributed by atoms with Crippen LogP contribution in [0, 0.1) is 0 Å². The molecule has 0 spiro atoms. The van der Waals surface area contributed by atoms with Gasteiger partial charge in [-0.3, -0.25) is 9.88 Å². The van der Waals surface area contributed by atoms with E-state index in [0.29, 0.717) is 12.6 Å². The molecule has 1 N–H and O–H groups in total. The minimum Gasteiger partial charge on any atom is -0.332 e. The summed E-state index contributed by atoms with van der Waals surface area (Å²) in [5.41, 5.74) is 0.886. The number of hydrogen-bond acceptors (Lipinski definition) is 3. The largest absolute Gasteiger partial charge is 0.332 e. The van der Waals surface area contributed by atoms with Crippen LogP contribution < -0.4 is 5.32 Å². The van der Waals surface area contributed by atoms with E-state index in [2.05, 4.69) is 29.0 Å². The Labute approximate surface area is 114 Å². The van der Waals surface area contributed by atoms with Crippen molar-refractivity contribution in [3.63, 3.8) is 0 Å². The molecule has 1 saturated heterocycles. The molecule has 1 aromatic heterocycles. The van der Waals surface area contributed by atoms with Crippen LogP contribution in [0.1, 0.15) is 19.5 Å². The summed E-state index contributed by atoms with van der Waals surface area (Å²) >= 11 is 0. The molecule has 1 aliphatic heterocycles. The third-order valence-corrected chi connectivity index (χ3v) is 3.48. The second-order valence-corrected chi connectivity index (χ2v) is 5.10. The first-order chi connectivity index (χ1) is 9.16. The Morgan fingerprint density at radius 3 is 2.63 bits per heavy atom. The van der Waals surface area contributed by atoms with Gasteiger partial charge in [0.2, 0.25) is 0 Å². The highest BCUT2D eigenvalue weighted by Gasteiger charge is 2.21. The van der Waals surface area contributed by atoms with E-state index in [0.717, 1.165) is 31.9 Å². The maximum absolute atomic E-state index is 12.0. The summed E-state index contributed by atoms with van der Waals surface area (Å²) < 4.78 is 0. The van der Waals surface area contributed by atoms with Gasteiger partial charge in [-0.2, -0.15) is 0 Å². The minimum atomic E-state index is 0.00839. The molecule has 0 unspecified atom stereocenters. The summed E-state index contributed by atoms with van der Waals surface area (Å²) in [6, 6.07) is 6.27. The molecule has 0 radical (unpaired) electrons. The number of urea groups is 1. The average Bonchev–Trinajstić information content (AvgIpc) is 2.46. The molecule has 1 aromatic rings. The van der Waals surface area contributed by atoms with E-state index < -0.39 is 0 Å². The van der Waals surface area contributed by atoms with Crippen LogP contribution in [-0.2, 0) is 6.54 Å². The summed E-state index contributed by atoms with van der Waals surface area (Å²) in [5.74, 6) is 0. The first-order valence-corrected chi connectivity index (χ1v) is 6.83. The average molecular weight is 262 g/mol. The van der Waals surface area contributed by atoms with E-state index in [1.807, 2.05) is 23.1 Å². The van der Waals surface area contributed by atoms with E-state index >= 15 is 0 Å². The van der Waals surface area contributed by atoms with Crippen molar-refractivity contribution in [1.82, 2.24) is 20.1 Å². The first kappa shape index (κ1) is 13.8. The highest BCUT2D eigenvalue weighted by molar-refractivity contribution is 5.74. The normalized spacial score (nSPS) is 16.7. The minimum absolute atomic E-state index is 0.00839. The Bertz CT molecular complexity index is 399. The van der Waals surface area contributed by atoms with Crippen LogP contribution in [0.15, 0.2) is 24.4 Å². The zero-order chi connectivity index (χ0) is 13.7. The molecule has 0 aromatic carbocycles. The van der Waals surface area contributed by atoms with E-state index in [1.165, 1.54) is 0 Å². The number of carbonyl (C=O) groups is 1. The lowest BCUT2D eigenvalue weighted by Crippen LogP contribution is -2.53. The van der Waals surface area contributed by atoms with Gasteiger partial charge in [-0.1, -0.05) is 6.07 Å². The number of nitrogens with one attached hydrogen (secondary N) is 1. The maximum Gasteiger partial charge on any atom is 0.317 e. The molecule has 104 valence electrons. The van der Waals surface area contributed by atoms with Crippen LogP contribution >= 0.6 is 0 Å². The molecule has 2 heterocycles. The Hall–Kier alpha value is -1.62. The summed E-state index contributed by atoms with van der Waals surface area (Å²) in [7, 11) is 0. The molecule has 2 rings (SSSR count). The van der Waals surface area contributed by atoms with Gasteiger partial charge in [-0.15, -0.1) is 0 Å². The number of nitrogens with zero attached hydrogens (tertiary/aromatic N) is 3. The number of piperazine rings is 1. The summed E-state index contributed by atoms with van der Waals surface area (Å²) in [5, 5.41) is 2.92. The quantitative estimate of drug-likeness (QED) is 0.893. The van der Waals surface area contributed by atoms with E-state index in [4.69, 9.17) is 0 Å². The number of carbonyl (C=O) groups excluding carboxylic acids is 1. The first-order valence-electron chi connectivity index (χ1n) is 6.83. The number of aromatic nitrogens is 1. The Kier molecular flexibility index (Phi) is 4.74. The van der Waals surface area contributed by atoms with Gasteiger partial charge in [0, 0.05) is 38.4 Å². The lowest BCUT2D eigenvalue weighted by molar-refractivity contribution is 0.119. The second kappa shape index (κ2) is 6.52. The zero-order valence-electron chi connectivity index (χ0n) is 11.7. The predicted octanol–water partition coefficient (Wildman–Crippen LogP) is 1.32. The molecule has 0 aliphatic carbocycles. The second-order valence-electron chi connectivity index (χ2n) is 5.10. The van der Waals surface area contributed by atoms with Crippen LogP contribution in [0.4, 0.5) is 4.79 Å². The molecule has 1 aliphatic rings. The third kappa shape index (κ3) is 3.92. The Morgan fingerprint density at radius 1 is 1.32 bits per heavy atom. The fraction of sp³-hybridized carbons (Fsp3) is 0.571. The van der Waals surface area contributed by atoms with Crippen molar-refractivity contribution < 1.29 is 4.79 Å². The molecule has 0 bridgehead atoms. The highest BCUT2D eigenvalue weighted by Crippen LogP contribution is 2.06. The monoisotopic (exact) mass is 262 g/mol. The smallest absolute Gasteiger partial charge is 0.317 e. The van der Waals surface area contributed by atoms with Crippen molar-refractivity contribution in [1.29, 1.82) is 0 Å². The molecular formula is C14H22N4O. The number of hydrogen-bond donors (Lipinski definition) is 1. The van der Waals surface area contributed by atoms with Gasteiger partial charge in [0.15, 0.2) is 0 Å². The van der Waals surface area contributed by atoms with Gasteiger partial charge < -0.3 is 10.2 Å². The van der Waals surface area contributed by atoms with Crippen molar-refractivity contribution in [2.75, 3.05) is 26.2 Å². The van der Waals surface area contributed by atoms with Crippen LogP contribution in [0.3, 0.4) is 0 Å². The molecule has 1 fully saturated rings. The molecule has 5 nitrogen and oxygen atoms in total. The van der Waals surface area contributed by atoms with Crippen LogP contribution in [0.2, 0.25) is 0 Å². The van der Waals surface area contributed by atoms with Crippen LogP contribution in [-0.4, -0.2) is 53.0 Å². The van der Waals surface area contributed by atoms with Crippen LogP contribution in [0.5, 0.6) is 0 Å². The van der Waals surface area contributed by atoms with Crippen LogP contribution in [0.25, 0.3) is 0 Å². The molecule has 2 amide bonds. The summed E-state index contributed by atoms with van der Waals surface area (Å²) in [6.07, 6.45) is 1.74. The molecular weight excluding hydrogens is 240 g/mol. The van der Waals surface area contributed by atoms with Crippen molar-refractivity contribution in [3.8, 4) is 0 Å². The number of amides is 2. The highest BCUT2D eigenvalue weighted by atomic mass is 16.2. The van der Waals surface area contributed by atoms with Gasteiger partial charge in [-0.25, -0.2) is 4.79 Å². The molecule has 0 atom stereocenters. The topological polar surface area (TPSA) is 48.5 Å². The molecule has 19 heavy (non-hydrogen) atoms. The van der Waals surface area contributed by atoms with Crippen molar-refractivity contribution >= 4 is 6.03 Å². The molecule has 0 saturated carbocycles. The van der Waals surface area contributed by atoms with Crippen molar-refractivity contribution in [2.45, 2.75) is 26.4 Å². The number of rotatable bonds is 3. The lowest BCUT2D eigenvalue weighted by atomic mass is 10.2. The fourth-order valence-electron chi connectivity index (χ4n) is 2.22. The summed E-state index contributed by atoms with van der Waals surface area (Å²) in [6.45, 7) is 8.37. The SMILES string of the molecule is CC(C)N1CCN(C(=O)NCc2ccccn2)CC1. The number of pyridine rings is 1. The summed E-state index contributed by atoms with van der Waals surface area (Å²) in [4.78, 5) is 20.5. The standard InChI is InChI=1S/C14H22N4O/c1-12(2)17-7-9-18(10-8-17)14(19)16-11-13-5-3-4-6-15-13/h3-6,12H,7-11H2,1-2H3,(H,16,19). The van der Waals surface area contributed by atoms with Crippen molar-refractivity contribution in [2.24, 2.45) is 0 Å². The van der Waals surface area contributed by atoms with E-state index in [9.17, 15) is 4.79 Å². The molecule has 5 heteroatoms. The Morgan fingerprint density at radius 2 is 2.05 bits per heavy atom. The fourth-order valence-corrected chi connectivity index (χ4v) is 2.22. The van der Waals surface area contributed by atoms with Gasteiger partial charge in [0.1, 0.15) is 0 Å².